The highest BCUT2D eigenvalue weighted by atomic mass is 19.1. The van der Waals surface area contributed by atoms with Gasteiger partial charge in [0.1, 0.15) is 36.6 Å². The van der Waals surface area contributed by atoms with Crippen LogP contribution < -0.4 is 9.47 Å². The first-order chi connectivity index (χ1) is 11.5. The Labute approximate surface area is 139 Å². The molecule has 2 aromatic carbocycles. The Morgan fingerprint density at radius 2 is 1.79 bits per heavy atom. The predicted molar refractivity (Wildman–Crippen MR) is 85.5 cm³/mol. The van der Waals surface area contributed by atoms with Gasteiger partial charge in [0.25, 0.3) is 0 Å². The summed E-state index contributed by atoms with van der Waals surface area (Å²) in [6, 6.07) is 12.7. The standard InChI is InChI=1S/C18H19FO5/c1-13-4-2-3-5-17(13)23-10-15(20)11-24-18(21)12-22-16-8-6-14(19)7-9-16/h2-9,15,20H,10-12H2,1H3/t15-/m0/s1. The molecule has 0 heterocycles. The molecule has 0 unspecified atom stereocenters. The van der Waals surface area contributed by atoms with E-state index in [0.717, 1.165) is 5.56 Å². The van der Waals surface area contributed by atoms with Gasteiger partial charge in [-0.05, 0) is 42.8 Å². The van der Waals surface area contributed by atoms with E-state index >= 15 is 0 Å². The van der Waals surface area contributed by atoms with E-state index in [-0.39, 0.29) is 25.6 Å². The molecular weight excluding hydrogens is 315 g/mol. The van der Waals surface area contributed by atoms with Crippen molar-refractivity contribution < 1.29 is 28.5 Å². The van der Waals surface area contributed by atoms with Gasteiger partial charge in [-0.2, -0.15) is 0 Å². The van der Waals surface area contributed by atoms with Gasteiger partial charge in [-0.25, -0.2) is 9.18 Å². The number of carbonyl (C=O) groups excluding carboxylic acids is 1. The summed E-state index contributed by atoms with van der Waals surface area (Å²) in [6.45, 7) is 1.39. The molecule has 1 N–H and O–H groups in total. The van der Waals surface area contributed by atoms with Gasteiger partial charge in [0, 0.05) is 0 Å². The number of esters is 1. The molecule has 5 nitrogen and oxygen atoms in total. The second-order valence-electron chi connectivity index (χ2n) is 5.16. The Morgan fingerprint density at radius 3 is 2.50 bits per heavy atom. The molecule has 6 heteroatoms. The molecule has 0 spiro atoms. The molecule has 2 aromatic rings. The molecule has 0 aliphatic heterocycles. The lowest BCUT2D eigenvalue weighted by Crippen LogP contribution is -2.27. The number of aliphatic hydroxyl groups is 1. The lowest BCUT2D eigenvalue weighted by molar-refractivity contribution is -0.149. The number of benzene rings is 2. The van der Waals surface area contributed by atoms with E-state index in [2.05, 4.69) is 0 Å². The van der Waals surface area contributed by atoms with Gasteiger partial charge < -0.3 is 19.3 Å². The molecule has 24 heavy (non-hydrogen) atoms. The number of rotatable bonds is 8. The average molecular weight is 334 g/mol. The summed E-state index contributed by atoms with van der Waals surface area (Å²) in [6.07, 6.45) is -0.945. The topological polar surface area (TPSA) is 65.0 Å². The molecule has 0 saturated carbocycles. The van der Waals surface area contributed by atoms with Crippen LogP contribution in [0, 0.1) is 12.7 Å². The van der Waals surface area contributed by atoms with Crippen LogP contribution in [-0.2, 0) is 9.53 Å². The Hall–Kier alpha value is -2.60. The third-order valence-corrected chi connectivity index (χ3v) is 3.13. The third kappa shape index (κ3) is 5.89. The number of para-hydroxylation sites is 1. The third-order valence-electron chi connectivity index (χ3n) is 3.13. The van der Waals surface area contributed by atoms with Crippen LogP contribution in [0.25, 0.3) is 0 Å². The van der Waals surface area contributed by atoms with Crippen molar-refractivity contribution in [2.75, 3.05) is 19.8 Å². The summed E-state index contributed by atoms with van der Waals surface area (Å²) in [5.41, 5.74) is 0.953. The van der Waals surface area contributed by atoms with Crippen LogP contribution in [0.15, 0.2) is 48.5 Å². The summed E-state index contributed by atoms with van der Waals surface area (Å²) < 4.78 is 28.2. The van der Waals surface area contributed by atoms with E-state index in [9.17, 15) is 14.3 Å². The minimum absolute atomic E-state index is 0.0109. The van der Waals surface area contributed by atoms with Gasteiger partial charge in [-0.15, -0.1) is 0 Å². The monoisotopic (exact) mass is 334 g/mol. The molecule has 1 atom stereocenters. The zero-order valence-corrected chi connectivity index (χ0v) is 13.3. The highest BCUT2D eigenvalue weighted by Gasteiger charge is 2.11. The maximum Gasteiger partial charge on any atom is 0.344 e. The van der Waals surface area contributed by atoms with Gasteiger partial charge in [0.15, 0.2) is 6.61 Å². The Morgan fingerprint density at radius 1 is 1.08 bits per heavy atom. The maximum absolute atomic E-state index is 12.7. The fourth-order valence-electron chi connectivity index (χ4n) is 1.86. The van der Waals surface area contributed by atoms with Crippen molar-refractivity contribution in [3.63, 3.8) is 0 Å². The zero-order valence-electron chi connectivity index (χ0n) is 13.3. The van der Waals surface area contributed by atoms with E-state index in [1.165, 1.54) is 24.3 Å². The van der Waals surface area contributed by atoms with Crippen LogP contribution in [0.1, 0.15) is 5.56 Å². The minimum Gasteiger partial charge on any atom is -0.490 e. The molecule has 0 fully saturated rings. The van der Waals surface area contributed by atoms with E-state index in [1.54, 1.807) is 6.07 Å². The van der Waals surface area contributed by atoms with Gasteiger partial charge in [0.05, 0.1) is 0 Å². The van der Waals surface area contributed by atoms with E-state index in [1.807, 2.05) is 25.1 Å². The first-order valence-electron chi connectivity index (χ1n) is 7.45. The van der Waals surface area contributed by atoms with Crippen LogP contribution in [0.4, 0.5) is 4.39 Å². The van der Waals surface area contributed by atoms with Gasteiger partial charge in [-0.3, -0.25) is 0 Å². The van der Waals surface area contributed by atoms with Gasteiger partial charge >= 0.3 is 5.97 Å². The molecule has 0 amide bonds. The normalized spacial score (nSPS) is 11.6. The van der Waals surface area contributed by atoms with Crippen molar-refractivity contribution in [1.29, 1.82) is 0 Å². The summed E-state index contributed by atoms with van der Waals surface area (Å²) in [7, 11) is 0. The maximum atomic E-state index is 12.7. The molecule has 2 rings (SSSR count). The van der Waals surface area contributed by atoms with Crippen molar-refractivity contribution in [1.82, 2.24) is 0 Å². The van der Waals surface area contributed by atoms with Crippen LogP contribution in [0.5, 0.6) is 11.5 Å². The first kappa shape index (κ1) is 17.7. The number of halogens is 1. The summed E-state index contributed by atoms with van der Waals surface area (Å²) in [4.78, 5) is 11.5. The molecule has 0 aromatic heterocycles. The van der Waals surface area contributed by atoms with Crippen molar-refractivity contribution in [3.8, 4) is 11.5 Å². The van der Waals surface area contributed by atoms with Crippen LogP contribution in [0.2, 0.25) is 0 Å². The Balaban J connectivity index is 1.65. The Bertz CT molecular complexity index is 657. The fraction of sp³-hybridized carbons (Fsp3) is 0.278. The summed E-state index contributed by atoms with van der Waals surface area (Å²) in [5.74, 6) is 0.00951. The predicted octanol–water partition coefficient (Wildman–Crippen LogP) is 2.50. The van der Waals surface area contributed by atoms with Crippen LogP contribution >= 0.6 is 0 Å². The molecule has 128 valence electrons. The summed E-state index contributed by atoms with van der Waals surface area (Å²) >= 11 is 0. The number of hydrogen-bond donors (Lipinski definition) is 1. The quantitative estimate of drug-likeness (QED) is 0.752. The average Bonchev–Trinajstić information content (AvgIpc) is 2.58. The highest BCUT2D eigenvalue weighted by molar-refractivity contribution is 5.71. The van der Waals surface area contributed by atoms with Gasteiger partial charge in [0.2, 0.25) is 0 Å². The smallest absolute Gasteiger partial charge is 0.344 e. The van der Waals surface area contributed by atoms with Crippen molar-refractivity contribution in [2.45, 2.75) is 13.0 Å². The van der Waals surface area contributed by atoms with Crippen LogP contribution in [0.3, 0.4) is 0 Å². The van der Waals surface area contributed by atoms with Crippen molar-refractivity contribution in [3.05, 3.63) is 59.9 Å². The van der Waals surface area contributed by atoms with Crippen molar-refractivity contribution in [2.24, 2.45) is 0 Å². The second kappa shape index (κ2) is 8.88. The first-order valence-corrected chi connectivity index (χ1v) is 7.45. The number of carbonyl (C=O) groups is 1. The molecule has 0 aliphatic carbocycles. The second-order valence-corrected chi connectivity index (χ2v) is 5.16. The largest absolute Gasteiger partial charge is 0.490 e. The molecule has 0 bridgehead atoms. The Kier molecular flexibility index (Phi) is 6.57. The van der Waals surface area contributed by atoms with E-state index < -0.39 is 12.1 Å². The number of aliphatic hydroxyl groups excluding tert-OH is 1. The molecule has 0 saturated heterocycles. The van der Waals surface area contributed by atoms with Crippen molar-refractivity contribution >= 4 is 5.97 Å². The zero-order chi connectivity index (χ0) is 17.4. The minimum atomic E-state index is -0.945. The number of aryl methyl sites for hydroxylation is 1. The van der Waals surface area contributed by atoms with E-state index in [4.69, 9.17) is 14.2 Å². The molecule has 0 radical (unpaired) electrons. The van der Waals surface area contributed by atoms with Gasteiger partial charge in [-0.1, -0.05) is 18.2 Å². The SMILES string of the molecule is Cc1ccccc1OC[C@H](O)COC(=O)COc1ccc(F)cc1. The fourth-order valence-corrected chi connectivity index (χ4v) is 1.86. The highest BCUT2D eigenvalue weighted by Crippen LogP contribution is 2.16. The lowest BCUT2D eigenvalue weighted by atomic mass is 10.2. The number of hydrogen-bond acceptors (Lipinski definition) is 5. The summed E-state index contributed by atoms with van der Waals surface area (Å²) in [5, 5.41) is 9.78. The molecular formula is C18H19FO5. The molecule has 0 aliphatic rings. The lowest BCUT2D eigenvalue weighted by Gasteiger charge is -2.14. The van der Waals surface area contributed by atoms with E-state index in [0.29, 0.717) is 11.5 Å². The van der Waals surface area contributed by atoms with Crippen LogP contribution in [-0.4, -0.2) is 37.0 Å². The number of ether oxygens (including phenoxy) is 3.